The highest BCUT2D eigenvalue weighted by Crippen LogP contribution is 2.33. The normalized spacial score (nSPS) is 16.7. The van der Waals surface area contributed by atoms with Gasteiger partial charge in [-0.05, 0) is 57.9 Å². The summed E-state index contributed by atoms with van der Waals surface area (Å²) in [4.78, 5) is 21.5. The fraction of sp³-hybridized carbons (Fsp3) is 0.500. The third kappa shape index (κ3) is 5.05. The summed E-state index contributed by atoms with van der Waals surface area (Å²) >= 11 is 1.50. The van der Waals surface area contributed by atoms with Gasteiger partial charge < -0.3 is 4.74 Å². The molecule has 1 fully saturated rings. The summed E-state index contributed by atoms with van der Waals surface area (Å²) < 4.78 is 19.2. The Morgan fingerprint density at radius 2 is 1.89 bits per heavy atom. The Morgan fingerprint density at radius 1 is 1.22 bits per heavy atom. The number of carbonyl (C=O) groups excluding carboxylic acids is 1. The first-order valence-electron chi connectivity index (χ1n) is 9.25. The van der Waals surface area contributed by atoms with Crippen LogP contribution in [-0.2, 0) is 4.74 Å². The molecule has 27 heavy (non-hydrogen) atoms. The maximum atomic E-state index is 13.5. The molecule has 5 nitrogen and oxygen atoms in total. The number of nitrogens with zero attached hydrogens (tertiary/aromatic N) is 3. The smallest absolute Gasteiger partial charge is 0.416 e. The Morgan fingerprint density at radius 3 is 2.44 bits per heavy atom. The predicted molar refractivity (Wildman–Crippen MR) is 105 cm³/mol. The van der Waals surface area contributed by atoms with Gasteiger partial charge in [0, 0.05) is 24.2 Å². The third-order valence-electron chi connectivity index (χ3n) is 4.39. The summed E-state index contributed by atoms with van der Waals surface area (Å²) in [5.41, 5.74) is 2.53. The first kappa shape index (κ1) is 19.8. The molecule has 0 spiro atoms. The second-order valence-electron chi connectivity index (χ2n) is 7.71. The number of benzene rings is 1. The summed E-state index contributed by atoms with van der Waals surface area (Å²) in [5.74, 6) is -0.342. The van der Waals surface area contributed by atoms with Crippen molar-refractivity contribution in [3.8, 4) is 0 Å². The van der Waals surface area contributed by atoms with Crippen LogP contribution in [0, 0.1) is 5.82 Å². The van der Waals surface area contributed by atoms with Crippen LogP contribution in [0.1, 0.15) is 51.9 Å². The van der Waals surface area contributed by atoms with Crippen molar-refractivity contribution in [1.82, 2.24) is 9.88 Å². The number of thiazole rings is 1. The SMILES string of the molecule is CC(C)(C)OC(=O)N(c1ccc(F)cc1)C(c1cscn1)N1CCCCC1. The van der Waals surface area contributed by atoms with Crippen LogP contribution < -0.4 is 4.90 Å². The number of anilines is 1. The fourth-order valence-electron chi connectivity index (χ4n) is 3.25. The van der Waals surface area contributed by atoms with E-state index in [-0.39, 0.29) is 12.0 Å². The molecule has 0 bridgehead atoms. The zero-order valence-corrected chi connectivity index (χ0v) is 16.8. The van der Waals surface area contributed by atoms with Crippen molar-refractivity contribution in [2.75, 3.05) is 18.0 Å². The average Bonchev–Trinajstić information content (AvgIpc) is 3.14. The molecule has 1 aromatic heterocycles. The molecular formula is C20H26FN3O2S. The maximum Gasteiger partial charge on any atom is 0.416 e. The highest BCUT2D eigenvalue weighted by Gasteiger charge is 2.36. The number of likely N-dealkylation sites (tertiary alicyclic amines) is 1. The summed E-state index contributed by atoms with van der Waals surface area (Å²) in [6.07, 6.45) is 2.50. The Hall–Kier alpha value is -1.99. The van der Waals surface area contributed by atoms with Crippen LogP contribution in [0.3, 0.4) is 0 Å². The van der Waals surface area contributed by atoms with E-state index in [0.717, 1.165) is 31.6 Å². The molecule has 1 saturated heterocycles. The number of ether oxygens (including phenoxy) is 1. The minimum atomic E-state index is -0.635. The number of halogens is 1. The van der Waals surface area contributed by atoms with Crippen molar-refractivity contribution in [2.24, 2.45) is 0 Å². The molecular weight excluding hydrogens is 365 g/mol. The lowest BCUT2D eigenvalue weighted by molar-refractivity contribution is 0.0489. The molecule has 146 valence electrons. The lowest BCUT2D eigenvalue weighted by Crippen LogP contribution is -2.48. The van der Waals surface area contributed by atoms with Crippen LogP contribution in [-0.4, -0.2) is 34.7 Å². The van der Waals surface area contributed by atoms with E-state index in [4.69, 9.17) is 4.74 Å². The van der Waals surface area contributed by atoms with Crippen molar-refractivity contribution in [3.63, 3.8) is 0 Å². The molecule has 1 atom stereocenters. The second-order valence-corrected chi connectivity index (χ2v) is 8.43. The van der Waals surface area contributed by atoms with Gasteiger partial charge in [-0.2, -0.15) is 0 Å². The minimum Gasteiger partial charge on any atom is -0.443 e. The van der Waals surface area contributed by atoms with Crippen molar-refractivity contribution in [3.05, 3.63) is 46.7 Å². The molecule has 0 saturated carbocycles. The number of rotatable bonds is 4. The van der Waals surface area contributed by atoms with Gasteiger partial charge in [0.05, 0.1) is 11.2 Å². The third-order valence-corrected chi connectivity index (χ3v) is 5.00. The minimum absolute atomic E-state index is 0.342. The summed E-state index contributed by atoms with van der Waals surface area (Å²) in [5, 5.41) is 1.96. The average molecular weight is 392 g/mol. The lowest BCUT2D eigenvalue weighted by atomic mass is 10.1. The van der Waals surface area contributed by atoms with Crippen LogP contribution >= 0.6 is 11.3 Å². The molecule has 7 heteroatoms. The van der Waals surface area contributed by atoms with E-state index >= 15 is 0 Å². The number of hydrogen-bond acceptors (Lipinski definition) is 5. The van der Waals surface area contributed by atoms with Gasteiger partial charge in [0.1, 0.15) is 17.6 Å². The summed E-state index contributed by atoms with van der Waals surface area (Å²) in [6.45, 7) is 7.27. The van der Waals surface area contributed by atoms with E-state index in [2.05, 4.69) is 9.88 Å². The molecule has 3 rings (SSSR count). The van der Waals surface area contributed by atoms with Crippen LogP contribution in [0.5, 0.6) is 0 Å². The number of amides is 1. The number of aromatic nitrogens is 1. The molecule has 1 amide bonds. The fourth-order valence-corrected chi connectivity index (χ4v) is 3.82. The van der Waals surface area contributed by atoms with Crippen molar-refractivity contribution in [1.29, 1.82) is 0 Å². The van der Waals surface area contributed by atoms with Crippen molar-refractivity contribution >= 4 is 23.1 Å². The van der Waals surface area contributed by atoms with Gasteiger partial charge in [0.15, 0.2) is 0 Å². The van der Waals surface area contributed by atoms with E-state index in [1.165, 1.54) is 29.9 Å². The van der Waals surface area contributed by atoms with Gasteiger partial charge in [-0.1, -0.05) is 6.42 Å². The highest BCUT2D eigenvalue weighted by molar-refractivity contribution is 7.07. The molecule has 0 aliphatic carbocycles. The topological polar surface area (TPSA) is 45.7 Å². The quantitative estimate of drug-likeness (QED) is 0.718. The first-order valence-corrected chi connectivity index (χ1v) is 10.2. The Bertz CT molecular complexity index is 738. The zero-order chi connectivity index (χ0) is 19.4. The van der Waals surface area contributed by atoms with Crippen LogP contribution in [0.4, 0.5) is 14.9 Å². The molecule has 1 aliphatic heterocycles. The van der Waals surface area contributed by atoms with E-state index in [1.807, 2.05) is 26.2 Å². The van der Waals surface area contributed by atoms with E-state index in [9.17, 15) is 9.18 Å². The van der Waals surface area contributed by atoms with E-state index in [1.54, 1.807) is 22.5 Å². The zero-order valence-electron chi connectivity index (χ0n) is 16.0. The van der Waals surface area contributed by atoms with Gasteiger partial charge >= 0.3 is 6.09 Å². The largest absolute Gasteiger partial charge is 0.443 e. The monoisotopic (exact) mass is 391 g/mol. The first-order chi connectivity index (χ1) is 12.8. The van der Waals surface area contributed by atoms with Crippen LogP contribution in [0.2, 0.25) is 0 Å². The number of hydrogen-bond donors (Lipinski definition) is 0. The predicted octanol–water partition coefficient (Wildman–Crippen LogP) is 5.21. The molecule has 2 aromatic rings. The van der Waals surface area contributed by atoms with Crippen molar-refractivity contribution < 1.29 is 13.9 Å². The standard InChI is InChI=1S/C20H26FN3O2S/c1-20(2,3)26-19(25)24(16-9-7-15(21)8-10-16)18(17-13-27-14-22-17)23-11-5-4-6-12-23/h7-10,13-14,18H,4-6,11-12H2,1-3H3. The Balaban J connectivity index is 2.03. The molecule has 0 N–H and O–H groups in total. The van der Waals surface area contributed by atoms with Crippen LogP contribution in [0.25, 0.3) is 0 Å². The Kier molecular flexibility index (Phi) is 6.11. The van der Waals surface area contributed by atoms with Gasteiger partial charge in [0.2, 0.25) is 0 Å². The summed E-state index contributed by atoms with van der Waals surface area (Å²) in [6, 6.07) is 5.95. The molecule has 1 aromatic carbocycles. The molecule has 2 heterocycles. The van der Waals surface area contributed by atoms with Crippen molar-refractivity contribution in [2.45, 2.75) is 51.8 Å². The number of piperidine rings is 1. The van der Waals surface area contributed by atoms with Gasteiger partial charge in [-0.3, -0.25) is 9.80 Å². The van der Waals surface area contributed by atoms with Gasteiger partial charge in [-0.25, -0.2) is 14.2 Å². The highest BCUT2D eigenvalue weighted by atomic mass is 32.1. The lowest BCUT2D eigenvalue weighted by Gasteiger charge is -2.40. The van der Waals surface area contributed by atoms with Crippen LogP contribution in [0.15, 0.2) is 35.2 Å². The van der Waals surface area contributed by atoms with Gasteiger partial charge in [-0.15, -0.1) is 11.3 Å². The summed E-state index contributed by atoms with van der Waals surface area (Å²) in [7, 11) is 0. The maximum absolute atomic E-state index is 13.5. The second kappa shape index (κ2) is 8.35. The molecule has 1 unspecified atom stereocenters. The molecule has 0 radical (unpaired) electrons. The van der Waals surface area contributed by atoms with E-state index < -0.39 is 11.7 Å². The molecule has 1 aliphatic rings. The van der Waals surface area contributed by atoms with E-state index in [0.29, 0.717) is 5.69 Å². The van der Waals surface area contributed by atoms with Gasteiger partial charge in [0.25, 0.3) is 0 Å². The Labute approximate surface area is 163 Å². The number of carbonyl (C=O) groups is 1.